The summed E-state index contributed by atoms with van der Waals surface area (Å²) in [5, 5.41) is 0. The Kier molecular flexibility index (Phi) is 5.12. The quantitative estimate of drug-likeness (QED) is 0.707. The third-order valence-electron chi connectivity index (χ3n) is 3.11. The predicted octanol–water partition coefficient (Wildman–Crippen LogP) is 2.64. The van der Waals surface area contributed by atoms with Gasteiger partial charge in [0.15, 0.2) is 0 Å². The molecule has 1 aliphatic rings. The highest BCUT2D eigenvalue weighted by Gasteiger charge is 2.34. The molecule has 2 rings (SSSR count). The average molecular weight is 428 g/mol. The highest BCUT2D eigenvalue weighted by Crippen LogP contribution is 2.33. The summed E-state index contributed by atoms with van der Waals surface area (Å²) in [4.78, 5) is 0.173. The van der Waals surface area contributed by atoms with Crippen molar-refractivity contribution in [2.24, 2.45) is 0 Å². The first-order valence-electron chi connectivity index (χ1n) is 6.22. The first-order valence-corrected chi connectivity index (χ1v) is 9.29. The Balaban J connectivity index is 2.12. The highest BCUT2D eigenvalue weighted by molar-refractivity contribution is 9.11. The molecule has 5 nitrogen and oxygen atoms in total. The average Bonchev–Trinajstić information content (AvgIpc) is 2.23. The molecule has 1 aromatic carbocycles. The van der Waals surface area contributed by atoms with Crippen LogP contribution in [-0.4, -0.2) is 27.2 Å². The van der Waals surface area contributed by atoms with Crippen LogP contribution in [0.3, 0.4) is 0 Å². The van der Waals surface area contributed by atoms with Crippen LogP contribution in [0.4, 0.5) is 5.69 Å². The van der Waals surface area contributed by atoms with Crippen LogP contribution in [0, 0.1) is 0 Å². The smallest absolute Gasteiger partial charge is 0.243 e. The van der Waals surface area contributed by atoms with Crippen molar-refractivity contribution in [3.63, 3.8) is 0 Å². The van der Waals surface area contributed by atoms with E-state index in [-0.39, 0.29) is 17.0 Å². The molecule has 112 valence electrons. The molecule has 1 fully saturated rings. The van der Waals surface area contributed by atoms with Crippen LogP contribution in [0.5, 0.6) is 0 Å². The molecule has 0 atom stereocenters. The first-order chi connectivity index (χ1) is 9.33. The maximum absolute atomic E-state index is 12.4. The molecular weight excluding hydrogens is 412 g/mol. The molecular formula is C12H16Br2N2O3S. The van der Waals surface area contributed by atoms with Crippen molar-refractivity contribution >= 4 is 47.6 Å². The van der Waals surface area contributed by atoms with E-state index < -0.39 is 10.0 Å². The normalized spacial score (nSPS) is 22.6. The van der Waals surface area contributed by atoms with E-state index in [0.29, 0.717) is 34.1 Å². The van der Waals surface area contributed by atoms with Gasteiger partial charge in [-0.05, 0) is 63.8 Å². The van der Waals surface area contributed by atoms with Crippen molar-refractivity contribution in [2.75, 3.05) is 12.3 Å². The van der Waals surface area contributed by atoms with E-state index >= 15 is 0 Å². The largest absolute Gasteiger partial charge is 0.399 e. The van der Waals surface area contributed by atoms with Crippen LogP contribution in [0.15, 0.2) is 26.0 Å². The molecule has 1 aromatic rings. The molecule has 0 heterocycles. The Labute approximate surface area is 135 Å². The number of sulfonamides is 1. The molecule has 1 aliphatic carbocycles. The molecule has 20 heavy (non-hydrogen) atoms. The summed E-state index contributed by atoms with van der Waals surface area (Å²) in [6.07, 6.45) is 1.57. The van der Waals surface area contributed by atoms with Crippen molar-refractivity contribution in [2.45, 2.75) is 36.8 Å². The fourth-order valence-electron chi connectivity index (χ4n) is 2.15. The molecule has 0 aromatic heterocycles. The van der Waals surface area contributed by atoms with Gasteiger partial charge in [-0.15, -0.1) is 0 Å². The maximum Gasteiger partial charge on any atom is 0.243 e. The lowest BCUT2D eigenvalue weighted by molar-refractivity contribution is -0.00476. The van der Waals surface area contributed by atoms with Gasteiger partial charge in [0.1, 0.15) is 4.90 Å². The van der Waals surface area contributed by atoms with Gasteiger partial charge in [0.05, 0.1) is 6.10 Å². The second-order valence-corrected chi connectivity index (χ2v) is 8.04. The molecule has 3 N–H and O–H groups in total. The summed E-state index contributed by atoms with van der Waals surface area (Å²) in [5.41, 5.74) is 6.16. The van der Waals surface area contributed by atoms with Crippen LogP contribution in [0.2, 0.25) is 0 Å². The Bertz CT molecular complexity index is 578. The van der Waals surface area contributed by atoms with E-state index in [4.69, 9.17) is 10.5 Å². The fourth-order valence-corrected chi connectivity index (χ4v) is 6.03. The molecule has 0 spiro atoms. The number of benzene rings is 1. The molecule has 8 heteroatoms. The van der Waals surface area contributed by atoms with E-state index in [9.17, 15) is 8.42 Å². The molecule has 0 amide bonds. The standard InChI is InChI=1S/C12H16Br2N2O3S/c1-2-19-9-5-8(6-9)16-20(17,18)12-10(13)3-7(15)4-11(12)14/h3-4,8-9,16H,2,5-6,15H2,1H3. The summed E-state index contributed by atoms with van der Waals surface area (Å²) < 4.78 is 33.8. The third-order valence-corrected chi connectivity index (χ3v) is 6.51. The van der Waals surface area contributed by atoms with Gasteiger partial charge >= 0.3 is 0 Å². The van der Waals surface area contributed by atoms with E-state index in [0.717, 1.165) is 0 Å². The summed E-state index contributed by atoms with van der Waals surface area (Å²) in [6.45, 7) is 2.58. The Morgan fingerprint density at radius 2 is 1.90 bits per heavy atom. The second kappa shape index (κ2) is 6.31. The minimum absolute atomic E-state index is 0.0760. The van der Waals surface area contributed by atoms with Gasteiger partial charge in [0, 0.05) is 27.3 Å². The number of nitrogens with two attached hydrogens (primary N) is 1. The van der Waals surface area contributed by atoms with Gasteiger partial charge in [0.2, 0.25) is 10.0 Å². The number of ether oxygens (including phenoxy) is 1. The zero-order valence-corrected chi connectivity index (χ0v) is 14.9. The van der Waals surface area contributed by atoms with Gasteiger partial charge < -0.3 is 10.5 Å². The Morgan fingerprint density at radius 3 is 2.40 bits per heavy atom. The van der Waals surface area contributed by atoms with Crippen LogP contribution >= 0.6 is 31.9 Å². The summed E-state index contributed by atoms with van der Waals surface area (Å²) in [7, 11) is -3.59. The van der Waals surface area contributed by atoms with Crippen LogP contribution in [0.25, 0.3) is 0 Å². The molecule has 0 radical (unpaired) electrons. The fraction of sp³-hybridized carbons (Fsp3) is 0.500. The van der Waals surface area contributed by atoms with Crippen LogP contribution < -0.4 is 10.5 Å². The second-order valence-electron chi connectivity index (χ2n) is 4.68. The monoisotopic (exact) mass is 426 g/mol. The zero-order valence-electron chi connectivity index (χ0n) is 10.9. The van der Waals surface area contributed by atoms with Crippen molar-refractivity contribution in [1.82, 2.24) is 4.72 Å². The van der Waals surface area contributed by atoms with Crippen molar-refractivity contribution in [1.29, 1.82) is 0 Å². The third kappa shape index (κ3) is 3.54. The Hall–Kier alpha value is -0.150. The SMILES string of the molecule is CCOC1CC(NS(=O)(=O)c2c(Br)cc(N)cc2Br)C1. The lowest BCUT2D eigenvalue weighted by Gasteiger charge is -2.35. The van der Waals surface area contributed by atoms with Gasteiger partial charge in [-0.1, -0.05) is 0 Å². The number of anilines is 1. The van der Waals surface area contributed by atoms with E-state index in [1.54, 1.807) is 12.1 Å². The summed E-state index contributed by atoms with van der Waals surface area (Å²) in [5.74, 6) is 0. The summed E-state index contributed by atoms with van der Waals surface area (Å²) >= 11 is 6.49. The van der Waals surface area contributed by atoms with Gasteiger partial charge in [-0.25, -0.2) is 13.1 Å². The van der Waals surface area contributed by atoms with Gasteiger partial charge in [0.25, 0.3) is 0 Å². The first kappa shape index (κ1) is 16.2. The lowest BCUT2D eigenvalue weighted by Crippen LogP contribution is -2.47. The number of halogens is 2. The maximum atomic E-state index is 12.4. The molecule has 0 unspecified atom stereocenters. The van der Waals surface area contributed by atoms with Crippen molar-refractivity contribution < 1.29 is 13.2 Å². The van der Waals surface area contributed by atoms with Crippen molar-refractivity contribution in [3.05, 3.63) is 21.1 Å². The number of rotatable bonds is 5. The van der Waals surface area contributed by atoms with Crippen LogP contribution in [0.1, 0.15) is 19.8 Å². The minimum atomic E-state index is -3.59. The van der Waals surface area contributed by atoms with E-state index in [2.05, 4.69) is 36.6 Å². The number of nitrogens with one attached hydrogen (secondary N) is 1. The number of hydrogen-bond donors (Lipinski definition) is 2. The zero-order chi connectivity index (χ0) is 14.9. The number of hydrogen-bond acceptors (Lipinski definition) is 4. The Morgan fingerprint density at radius 1 is 1.35 bits per heavy atom. The molecule has 0 saturated heterocycles. The lowest BCUT2D eigenvalue weighted by atomic mass is 9.90. The topological polar surface area (TPSA) is 81.4 Å². The van der Waals surface area contributed by atoms with E-state index in [1.165, 1.54) is 0 Å². The highest BCUT2D eigenvalue weighted by atomic mass is 79.9. The minimum Gasteiger partial charge on any atom is -0.399 e. The molecule has 0 bridgehead atoms. The molecule has 0 aliphatic heterocycles. The molecule has 1 saturated carbocycles. The van der Waals surface area contributed by atoms with Gasteiger partial charge in [-0.2, -0.15) is 0 Å². The van der Waals surface area contributed by atoms with E-state index in [1.807, 2.05) is 6.92 Å². The van der Waals surface area contributed by atoms with Crippen molar-refractivity contribution in [3.8, 4) is 0 Å². The summed E-state index contributed by atoms with van der Waals surface area (Å²) in [6, 6.07) is 3.07. The van der Waals surface area contributed by atoms with Gasteiger partial charge in [-0.3, -0.25) is 0 Å². The number of nitrogen functional groups attached to an aromatic ring is 1. The van der Waals surface area contributed by atoms with Crippen LogP contribution in [-0.2, 0) is 14.8 Å². The predicted molar refractivity (Wildman–Crippen MR) is 85.0 cm³/mol.